The summed E-state index contributed by atoms with van der Waals surface area (Å²) in [6, 6.07) is 28.6. The van der Waals surface area contributed by atoms with Gasteiger partial charge in [-0.15, -0.1) is 0 Å². The molecule has 202 valence electrons. The molecule has 6 nitrogen and oxygen atoms in total. The van der Waals surface area contributed by atoms with Gasteiger partial charge in [0.05, 0.1) is 12.5 Å². The molecule has 0 aliphatic carbocycles. The number of amides is 2. The normalized spacial score (nSPS) is 17.9. The van der Waals surface area contributed by atoms with Gasteiger partial charge in [0.15, 0.2) is 0 Å². The van der Waals surface area contributed by atoms with Crippen LogP contribution >= 0.6 is 0 Å². The van der Waals surface area contributed by atoms with Crippen LogP contribution in [0.15, 0.2) is 84.9 Å². The van der Waals surface area contributed by atoms with E-state index in [0.717, 1.165) is 47.6 Å². The van der Waals surface area contributed by atoms with E-state index < -0.39 is 0 Å². The number of nitrogens with two attached hydrogens (primary N) is 1. The van der Waals surface area contributed by atoms with Crippen LogP contribution < -0.4 is 16.4 Å². The fourth-order valence-corrected chi connectivity index (χ4v) is 5.65. The van der Waals surface area contributed by atoms with Gasteiger partial charge in [-0.05, 0) is 58.5 Å². The second-order valence-corrected chi connectivity index (χ2v) is 10.5. The van der Waals surface area contributed by atoms with Crippen molar-refractivity contribution in [3.8, 4) is 0 Å². The van der Waals surface area contributed by atoms with Gasteiger partial charge in [-0.3, -0.25) is 9.59 Å². The first-order valence-electron chi connectivity index (χ1n) is 14.1. The molecule has 5 rings (SSSR count). The lowest BCUT2D eigenvalue weighted by molar-refractivity contribution is -0.133. The van der Waals surface area contributed by atoms with Crippen LogP contribution in [0.3, 0.4) is 0 Å². The number of hydrogen-bond donors (Lipinski definition) is 3. The Bertz CT molecular complexity index is 1430. The van der Waals surface area contributed by atoms with Gasteiger partial charge in [-0.2, -0.15) is 0 Å². The number of carbonyl (C=O) groups excluding carboxylic acids is 2. The van der Waals surface area contributed by atoms with Crippen LogP contribution in [-0.2, 0) is 22.6 Å². The quantitative estimate of drug-likeness (QED) is 0.267. The zero-order chi connectivity index (χ0) is 27.0. The van der Waals surface area contributed by atoms with Gasteiger partial charge < -0.3 is 21.3 Å². The average molecular weight is 523 g/mol. The first-order valence-corrected chi connectivity index (χ1v) is 14.1. The van der Waals surface area contributed by atoms with Crippen LogP contribution in [0.25, 0.3) is 21.5 Å². The molecule has 1 saturated heterocycles. The summed E-state index contributed by atoms with van der Waals surface area (Å²) in [6.07, 6.45) is 3.63. The molecule has 4 N–H and O–H groups in total. The van der Waals surface area contributed by atoms with Crippen molar-refractivity contribution in [1.82, 2.24) is 15.5 Å². The Morgan fingerprint density at radius 1 is 0.872 bits per heavy atom. The first kappa shape index (κ1) is 26.9. The number of benzene rings is 4. The minimum Gasteiger partial charge on any atom is -0.354 e. The molecule has 1 heterocycles. The van der Waals surface area contributed by atoms with E-state index in [1.807, 2.05) is 41.3 Å². The Kier molecular flexibility index (Phi) is 8.86. The van der Waals surface area contributed by atoms with E-state index in [4.69, 9.17) is 5.73 Å². The molecule has 0 aromatic heterocycles. The van der Waals surface area contributed by atoms with Crippen molar-refractivity contribution in [2.75, 3.05) is 19.6 Å². The number of nitrogens with zero attached hydrogens (tertiary/aromatic N) is 1. The Labute approximate surface area is 230 Å². The summed E-state index contributed by atoms with van der Waals surface area (Å²) in [5.74, 6) is 0.126. The van der Waals surface area contributed by atoms with Gasteiger partial charge in [0.2, 0.25) is 11.8 Å². The maximum atomic E-state index is 13.7. The molecule has 4 aromatic rings. The molecule has 6 heteroatoms. The Balaban J connectivity index is 1.26. The molecule has 0 saturated carbocycles. The minimum absolute atomic E-state index is 0.00369. The van der Waals surface area contributed by atoms with Crippen molar-refractivity contribution in [1.29, 1.82) is 0 Å². The smallest absolute Gasteiger partial charge is 0.240 e. The average Bonchev–Trinajstić information content (AvgIpc) is 3.11. The van der Waals surface area contributed by atoms with E-state index in [1.54, 1.807) is 0 Å². The summed E-state index contributed by atoms with van der Waals surface area (Å²) in [5, 5.41) is 11.3. The summed E-state index contributed by atoms with van der Waals surface area (Å²) in [5.41, 5.74) is 7.92. The third-order valence-electron chi connectivity index (χ3n) is 7.76. The van der Waals surface area contributed by atoms with Crippen molar-refractivity contribution in [3.63, 3.8) is 0 Å². The fraction of sp³-hybridized carbons (Fsp3) is 0.333. The number of unbranched alkanes of at least 4 members (excludes halogenated alkanes) is 1. The highest BCUT2D eigenvalue weighted by molar-refractivity contribution is 5.90. The number of carbonyl (C=O) groups is 2. The summed E-state index contributed by atoms with van der Waals surface area (Å²) in [6.45, 7) is 2.34. The second kappa shape index (κ2) is 12.9. The molecule has 2 atom stereocenters. The van der Waals surface area contributed by atoms with E-state index in [1.165, 1.54) is 10.8 Å². The molecule has 0 bridgehead atoms. The predicted octanol–water partition coefficient (Wildman–Crippen LogP) is 4.54. The molecule has 39 heavy (non-hydrogen) atoms. The summed E-state index contributed by atoms with van der Waals surface area (Å²) >= 11 is 0. The van der Waals surface area contributed by atoms with Gasteiger partial charge >= 0.3 is 0 Å². The zero-order valence-electron chi connectivity index (χ0n) is 22.4. The number of fused-ring (bicyclic) bond motifs is 2. The van der Waals surface area contributed by atoms with Gasteiger partial charge in [-0.1, -0.05) is 91.3 Å². The van der Waals surface area contributed by atoms with Crippen molar-refractivity contribution >= 4 is 33.4 Å². The lowest BCUT2D eigenvalue weighted by Gasteiger charge is -2.25. The van der Waals surface area contributed by atoms with E-state index in [2.05, 4.69) is 59.2 Å². The molecule has 1 aliphatic heterocycles. The van der Waals surface area contributed by atoms with Crippen LogP contribution in [0.4, 0.5) is 0 Å². The standard InChI is InChI=1S/C33H38N4O2/c34-19-6-5-17-31-33(39)37(23-27-14-8-12-25-10-2-4-16-30(25)27)20-18-28(36-31)22-35-32(38)21-26-13-7-11-24-9-1-3-15-29(24)26/h1-4,7-16,28,31,36H,5-6,17-23,34H2,(H,35,38). The van der Waals surface area contributed by atoms with Crippen LogP contribution in [0.2, 0.25) is 0 Å². The second-order valence-electron chi connectivity index (χ2n) is 10.5. The van der Waals surface area contributed by atoms with Crippen molar-refractivity contribution in [2.24, 2.45) is 5.73 Å². The van der Waals surface area contributed by atoms with Gasteiger partial charge in [0.25, 0.3) is 0 Å². The number of hydrogen-bond acceptors (Lipinski definition) is 4. The molecule has 4 aromatic carbocycles. The fourth-order valence-electron chi connectivity index (χ4n) is 5.65. The van der Waals surface area contributed by atoms with Crippen LogP contribution in [0, 0.1) is 0 Å². The highest BCUT2D eigenvalue weighted by atomic mass is 16.2. The highest BCUT2D eigenvalue weighted by Gasteiger charge is 2.31. The number of rotatable bonds is 10. The lowest BCUT2D eigenvalue weighted by atomic mass is 10.0. The Morgan fingerprint density at radius 2 is 1.51 bits per heavy atom. The molecular weight excluding hydrogens is 484 g/mol. The maximum absolute atomic E-state index is 13.7. The van der Waals surface area contributed by atoms with Crippen molar-refractivity contribution in [3.05, 3.63) is 96.1 Å². The van der Waals surface area contributed by atoms with E-state index in [-0.39, 0.29) is 23.9 Å². The Morgan fingerprint density at radius 3 is 2.23 bits per heavy atom. The van der Waals surface area contributed by atoms with Crippen LogP contribution in [0.5, 0.6) is 0 Å². The molecule has 1 fully saturated rings. The largest absolute Gasteiger partial charge is 0.354 e. The molecule has 0 spiro atoms. The summed E-state index contributed by atoms with van der Waals surface area (Å²) in [4.78, 5) is 28.6. The molecule has 1 aliphatic rings. The van der Waals surface area contributed by atoms with Crippen LogP contribution in [0.1, 0.15) is 36.8 Å². The van der Waals surface area contributed by atoms with Crippen molar-refractivity contribution in [2.45, 2.75) is 50.7 Å². The van der Waals surface area contributed by atoms with Crippen LogP contribution in [-0.4, -0.2) is 48.4 Å². The molecule has 0 radical (unpaired) electrons. The van der Waals surface area contributed by atoms with Gasteiger partial charge in [0.1, 0.15) is 0 Å². The van der Waals surface area contributed by atoms with E-state index >= 15 is 0 Å². The lowest BCUT2D eigenvalue weighted by Crippen LogP contribution is -2.48. The summed E-state index contributed by atoms with van der Waals surface area (Å²) in [7, 11) is 0. The predicted molar refractivity (Wildman–Crippen MR) is 158 cm³/mol. The first-order chi connectivity index (χ1) is 19.1. The topological polar surface area (TPSA) is 87.5 Å². The van der Waals surface area contributed by atoms with Gasteiger partial charge in [-0.25, -0.2) is 0 Å². The SMILES string of the molecule is NCCCCC1NC(CNC(=O)Cc2cccc3ccccc23)CCN(Cc2cccc3ccccc23)C1=O. The van der Waals surface area contributed by atoms with E-state index in [0.29, 0.717) is 32.6 Å². The molecular formula is C33H38N4O2. The highest BCUT2D eigenvalue weighted by Crippen LogP contribution is 2.22. The molecule has 2 amide bonds. The number of nitrogens with one attached hydrogen (secondary N) is 2. The van der Waals surface area contributed by atoms with Crippen molar-refractivity contribution < 1.29 is 9.59 Å². The maximum Gasteiger partial charge on any atom is 0.240 e. The Hall–Kier alpha value is -3.74. The zero-order valence-corrected chi connectivity index (χ0v) is 22.4. The van der Waals surface area contributed by atoms with E-state index in [9.17, 15) is 9.59 Å². The summed E-state index contributed by atoms with van der Waals surface area (Å²) < 4.78 is 0. The minimum atomic E-state index is -0.283. The monoisotopic (exact) mass is 522 g/mol. The van der Waals surface area contributed by atoms with Gasteiger partial charge in [0, 0.05) is 25.7 Å². The third kappa shape index (κ3) is 6.64. The third-order valence-corrected chi connectivity index (χ3v) is 7.76. The molecule has 2 unspecified atom stereocenters.